The molecule has 9 nitrogen and oxygen atoms in total. The number of carboxylic acid groups (broad SMARTS) is 1. The zero-order valence-corrected chi connectivity index (χ0v) is 13.2. The number of carbonyl (C=O) groups is 3. The highest BCUT2D eigenvalue weighted by molar-refractivity contribution is 6.39. The molecule has 2 amide bonds. The van der Waals surface area contributed by atoms with Gasteiger partial charge in [0.1, 0.15) is 6.10 Å². The van der Waals surface area contributed by atoms with E-state index in [4.69, 9.17) is 15.7 Å². The Kier molecular flexibility index (Phi) is 5.69. The summed E-state index contributed by atoms with van der Waals surface area (Å²) in [6.07, 6.45) is 3.80. The molecule has 0 unspecified atom stereocenters. The predicted octanol–water partition coefficient (Wildman–Crippen LogP) is 0.341. The van der Waals surface area contributed by atoms with Crippen LogP contribution in [0, 0.1) is 12.8 Å². The third-order valence-corrected chi connectivity index (χ3v) is 3.93. The molecule has 0 aliphatic heterocycles. The fourth-order valence-corrected chi connectivity index (χ4v) is 2.59. The van der Waals surface area contributed by atoms with Gasteiger partial charge in [0, 0.05) is 5.56 Å². The number of aliphatic carboxylic acids is 1. The van der Waals surface area contributed by atoms with Gasteiger partial charge in [-0.25, -0.2) is 10.8 Å². The molecule has 24 heavy (non-hydrogen) atoms. The van der Waals surface area contributed by atoms with Crippen LogP contribution in [-0.2, 0) is 14.4 Å². The molecule has 1 aliphatic rings. The minimum absolute atomic E-state index is 0.0738. The molecule has 1 aromatic rings. The van der Waals surface area contributed by atoms with E-state index in [1.807, 2.05) is 0 Å². The summed E-state index contributed by atoms with van der Waals surface area (Å²) in [4.78, 5) is 37.6. The first-order valence-electron chi connectivity index (χ1n) is 7.58. The normalized spacial score (nSPS) is 20.1. The van der Waals surface area contributed by atoms with Crippen molar-refractivity contribution in [3.63, 3.8) is 0 Å². The lowest BCUT2D eigenvalue weighted by Crippen LogP contribution is -2.39. The van der Waals surface area contributed by atoms with Gasteiger partial charge in [-0.05, 0) is 38.7 Å². The number of carboxylic acids is 1. The zero-order valence-electron chi connectivity index (χ0n) is 13.2. The predicted molar refractivity (Wildman–Crippen MR) is 83.9 cm³/mol. The maximum atomic E-state index is 11.4. The Labute approximate surface area is 138 Å². The largest absolute Gasteiger partial charge is 0.481 e. The Morgan fingerprint density at radius 2 is 1.92 bits per heavy atom. The lowest BCUT2D eigenvalue weighted by atomic mass is 9.87. The average Bonchev–Trinajstić information content (AvgIpc) is 2.57. The molecule has 0 radical (unpaired) electrons. The summed E-state index contributed by atoms with van der Waals surface area (Å²) in [5.74, 6) is 2.40. The molecule has 5 N–H and O–H groups in total. The summed E-state index contributed by atoms with van der Waals surface area (Å²) in [5.41, 5.74) is 2.78. The minimum Gasteiger partial charge on any atom is -0.481 e. The van der Waals surface area contributed by atoms with Crippen molar-refractivity contribution >= 4 is 23.5 Å². The van der Waals surface area contributed by atoms with Crippen LogP contribution in [0.3, 0.4) is 0 Å². The van der Waals surface area contributed by atoms with Crippen molar-refractivity contribution in [1.82, 2.24) is 10.4 Å². The fraction of sp³-hybridized carbons (Fsp3) is 0.467. The Morgan fingerprint density at radius 1 is 1.25 bits per heavy atom. The maximum Gasteiger partial charge on any atom is 0.323 e. The van der Waals surface area contributed by atoms with Gasteiger partial charge in [-0.2, -0.15) is 0 Å². The molecule has 9 heteroatoms. The Hall–Kier alpha value is -2.68. The smallest absolute Gasteiger partial charge is 0.323 e. The zero-order chi connectivity index (χ0) is 17.7. The SMILES string of the molecule is Cc1cc(NC(=O)C(=O)NN)cnc1OC1CCC(C(=O)O)CC1. The number of pyridine rings is 1. The number of hydrogen-bond donors (Lipinski definition) is 4. The highest BCUT2D eigenvalue weighted by atomic mass is 16.5. The first-order chi connectivity index (χ1) is 11.4. The molecule has 0 atom stereocenters. The molecule has 1 saturated carbocycles. The van der Waals surface area contributed by atoms with Crippen molar-refractivity contribution < 1.29 is 24.2 Å². The van der Waals surface area contributed by atoms with Gasteiger partial charge >= 0.3 is 17.8 Å². The van der Waals surface area contributed by atoms with E-state index in [9.17, 15) is 14.4 Å². The number of amides is 2. The Bertz CT molecular complexity index is 641. The van der Waals surface area contributed by atoms with Gasteiger partial charge in [-0.3, -0.25) is 19.8 Å². The maximum absolute atomic E-state index is 11.4. The van der Waals surface area contributed by atoms with E-state index in [2.05, 4.69) is 10.3 Å². The van der Waals surface area contributed by atoms with Crippen LogP contribution in [0.25, 0.3) is 0 Å². The van der Waals surface area contributed by atoms with Crippen LogP contribution >= 0.6 is 0 Å². The molecule has 1 aromatic heterocycles. The van der Waals surface area contributed by atoms with E-state index in [-0.39, 0.29) is 12.0 Å². The van der Waals surface area contributed by atoms with Gasteiger partial charge in [0.15, 0.2) is 0 Å². The summed E-state index contributed by atoms with van der Waals surface area (Å²) in [6, 6.07) is 1.63. The Morgan fingerprint density at radius 3 is 2.46 bits per heavy atom. The van der Waals surface area contributed by atoms with E-state index >= 15 is 0 Å². The molecule has 0 bridgehead atoms. The number of nitrogens with zero attached hydrogens (tertiary/aromatic N) is 1. The molecule has 1 heterocycles. The molecule has 130 valence electrons. The standard InChI is InChI=1S/C15H20N4O5/c1-8-6-10(18-12(20)13(21)19-16)7-17-14(8)24-11-4-2-9(3-5-11)15(22)23/h6-7,9,11H,2-5,16H2,1H3,(H,18,20)(H,19,21)(H,22,23). The number of anilines is 1. The highest BCUT2D eigenvalue weighted by Crippen LogP contribution is 2.28. The second kappa shape index (κ2) is 7.73. The van der Waals surface area contributed by atoms with Crippen LogP contribution < -0.4 is 21.3 Å². The van der Waals surface area contributed by atoms with Gasteiger partial charge in [0.25, 0.3) is 0 Å². The van der Waals surface area contributed by atoms with Gasteiger partial charge in [-0.15, -0.1) is 0 Å². The molecule has 0 spiro atoms. The van der Waals surface area contributed by atoms with Crippen molar-refractivity contribution in [2.24, 2.45) is 11.8 Å². The van der Waals surface area contributed by atoms with Crippen LogP contribution in [0.4, 0.5) is 5.69 Å². The first kappa shape index (κ1) is 17.7. The Balaban J connectivity index is 1.94. The number of ether oxygens (including phenoxy) is 1. The number of aryl methyl sites for hydroxylation is 1. The van der Waals surface area contributed by atoms with Gasteiger partial charge in [0.2, 0.25) is 5.88 Å². The van der Waals surface area contributed by atoms with Crippen LogP contribution in [0.2, 0.25) is 0 Å². The third-order valence-electron chi connectivity index (χ3n) is 3.93. The molecule has 1 aliphatic carbocycles. The lowest BCUT2D eigenvalue weighted by Gasteiger charge is -2.26. The summed E-state index contributed by atoms with van der Waals surface area (Å²) in [6.45, 7) is 1.77. The number of hydrogen-bond acceptors (Lipinski definition) is 6. The molecular weight excluding hydrogens is 316 g/mol. The number of hydrazine groups is 1. The van der Waals surface area contributed by atoms with Crippen LogP contribution in [0.5, 0.6) is 5.88 Å². The number of aromatic nitrogens is 1. The average molecular weight is 336 g/mol. The number of carbonyl (C=O) groups excluding carboxylic acids is 2. The fourth-order valence-electron chi connectivity index (χ4n) is 2.59. The van der Waals surface area contributed by atoms with E-state index in [0.717, 1.165) is 0 Å². The van der Waals surface area contributed by atoms with Gasteiger partial charge < -0.3 is 15.2 Å². The second-order valence-electron chi connectivity index (χ2n) is 5.70. The summed E-state index contributed by atoms with van der Waals surface area (Å²) in [5, 5.41) is 11.4. The van der Waals surface area contributed by atoms with Crippen molar-refractivity contribution in [1.29, 1.82) is 0 Å². The highest BCUT2D eigenvalue weighted by Gasteiger charge is 2.27. The topological polar surface area (TPSA) is 144 Å². The summed E-state index contributed by atoms with van der Waals surface area (Å²) < 4.78 is 5.83. The number of rotatable bonds is 4. The molecular formula is C15H20N4O5. The van der Waals surface area contributed by atoms with E-state index in [1.54, 1.807) is 18.4 Å². The third kappa shape index (κ3) is 4.42. The van der Waals surface area contributed by atoms with Crippen molar-refractivity contribution in [3.8, 4) is 5.88 Å². The van der Waals surface area contributed by atoms with Crippen molar-refractivity contribution in [2.45, 2.75) is 38.7 Å². The summed E-state index contributed by atoms with van der Waals surface area (Å²) in [7, 11) is 0. The molecule has 1 fully saturated rings. The van der Waals surface area contributed by atoms with Crippen LogP contribution in [0.15, 0.2) is 12.3 Å². The van der Waals surface area contributed by atoms with Gasteiger partial charge in [0.05, 0.1) is 17.8 Å². The second-order valence-corrected chi connectivity index (χ2v) is 5.70. The molecule has 0 aromatic carbocycles. The van der Waals surface area contributed by atoms with Crippen LogP contribution in [-0.4, -0.2) is 34.0 Å². The van der Waals surface area contributed by atoms with Gasteiger partial charge in [-0.1, -0.05) is 0 Å². The van der Waals surface area contributed by atoms with E-state index < -0.39 is 17.8 Å². The van der Waals surface area contributed by atoms with E-state index in [1.165, 1.54) is 6.20 Å². The quantitative estimate of drug-likeness (QED) is 0.268. The lowest BCUT2D eigenvalue weighted by molar-refractivity contribution is -0.143. The van der Waals surface area contributed by atoms with Crippen LogP contribution in [0.1, 0.15) is 31.2 Å². The summed E-state index contributed by atoms with van der Waals surface area (Å²) >= 11 is 0. The molecule has 0 saturated heterocycles. The number of nitrogens with one attached hydrogen (secondary N) is 2. The van der Waals surface area contributed by atoms with E-state index in [0.29, 0.717) is 42.8 Å². The first-order valence-corrected chi connectivity index (χ1v) is 7.58. The van der Waals surface area contributed by atoms with Crippen molar-refractivity contribution in [2.75, 3.05) is 5.32 Å². The number of nitrogens with two attached hydrogens (primary N) is 1. The monoisotopic (exact) mass is 336 g/mol. The minimum atomic E-state index is -0.955. The van der Waals surface area contributed by atoms with Crippen molar-refractivity contribution in [3.05, 3.63) is 17.8 Å². The molecule has 2 rings (SSSR count).